The van der Waals surface area contributed by atoms with Crippen molar-refractivity contribution in [2.45, 2.75) is 13.0 Å². The number of rotatable bonds is 6. The molecule has 0 amide bonds. The lowest BCUT2D eigenvalue weighted by molar-refractivity contribution is 0.333. The van der Waals surface area contributed by atoms with Gasteiger partial charge in [0.1, 0.15) is 24.2 Å². The maximum Gasteiger partial charge on any atom is 0.205 e. The summed E-state index contributed by atoms with van der Waals surface area (Å²) in [5, 5.41) is 3.32. The summed E-state index contributed by atoms with van der Waals surface area (Å²) in [7, 11) is 0. The van der Waals surface area contributed by atoms with Gasteiger partial charge in [-0.05, 0) is 29.7 Å². The molecule has 0 unspecified atom stereocenters. The lowest BCUT2D eigenvalue weighted by atomic mass is 10.0. The first kappa shape index (κ1) is 17.5. The molecule has 7 heteroatoms. The van der Waals surface area contributed by atoms with Crippen molar-refractivity contribution >= 4 is 22.9 Å². The zero-order valence-corrected chi connectivity index (χ0v) is 16.0. The van der Waals surface area contributed by atoms with E-state index in [0.29, 0.717) is 18.8 Å². The molecular formula is C22H22N6O. The van der Waals surface area contributed by atoms with E-state index < -0.39 is 0 Å². The number of aromatic nitrogens is 4. The molecule has 3 heterocycles. The fourth-order valence-electron chi connectivity index (χ4n) is 3.63. The van der Waals surface area contributed by atoms with Gasteiger partial charge in [-0.2, -0.15) is 4.98 Å². The van der Waals surface area contributed by atoms with Gasteiger partial charge in [-0.25, -0.2) is 9.97 Å². The maximum absolute atomic E-state index is 5.73. The van der Waals surface area contributed by atoms with E-state index >= 15 is 0 Å². The first-order chi connectivity index (χ1) is 14.4. The number of hydrogen-bond donors (Lipinski definition) is 2. The number of imidazole rings is 1. The third kappa shape index (κ3) is 3.71. The second-order valence-corrected chi connectivity index (χ2v) is 7.01. The molecule has 0 fully saturated rings. The molecule has 29 heavy (non-hydrogen) atoms. The third-order valence-electron chi connectivity index (χ3n) is 5.11. The van der Waals surface area contributed by atoms with Gasteiger partial charge in [0.15, 0.2) is 11.5 Å². The Morgan fingerprint density at radius 1 is 1.00 bits per heavy atom. The Morgan fingerprint density at radius 3 is 2.72 bits per heavy atom. The van der Waals surface area contributed by atoms with Gasteiger partial charge in [0, 0.05) is 13.1 Å². The summed E-state index contributed by atoms with van der Waals surface area (Å²) in [5.74, 6) is 2.43. The number of fused-ring (bicyclic) bond motifs is 2. The average molecular weight is 386 g/mol. The van der Waals surface area contributed by atoms with Crippen molar-refractivity contribution in [1.82, 2.24) is 19.9 Å². The largest absolute Gasteiger partial charge is 0.492 e. The number of benzene rings is 2. The Bertz CT molecular complexity index is 1110. The van der Waals surface area contributed by atoms with Gasteiger partial charge in [0.25, 0.3) is 0 Å². The van der Waals surface area contributed by atoms with Crippen LogP contribution < -0.4 is 15.0 Å². The van der Waals surface area contributed by atoms with Crippen LogP contribution in [0.2, 0.25) is 0 Å². The van der Waals surface area contributed by atoms with E-state index in [2.05, 4.69) is 49.4 Å². The first-order valence-corrected chi connectivity index (χ1v) is 9.81. The number of aromatic amines is 1. The van der Waals surface area contributed by atoms with Crippen LogP contribution in [0.15, 0.2) is 60.9 Å². The number of hydrogen-bond acceptors (Lipinski definition) is 6. The quantitative estimate of drug-likeness (QED) is 0.495. The fraction of sp³-hybridized carbons (Fsp3) is 0.227. The van der Waals surface area contributed by atoms with Gasteiger partial charge in [-0.1, -0.05) is 42.5 Å². The highest BCUT2D eigenvalue weighted by atomic mass is 16.5. The van der Waals surface area contributed by atoms with Crippen LogP contribution in [-0.2, 0) is 13.0 Å². The van der Waals surface area contributed by atoms with Crippen LogP contribution in [-0.4, -0.2) is 39.6 Å². The Morgan fingerprint density at radius 2 is 1.83 bits per heavy atom. The molecule has 0 saturated carbocycles. The molecule has 5 rings (SSSR count). The van der Waals surface area contributed by atoms with Crippen molar-refractivity contribution in [2.24, 2.45) is 0 Å². The Balaban J connectivity index is 1.28. The van der Waals surface area contributed by atoms with E-state index in [9.17, 15) is 0 Å². The van der Waals surface area contributed by atoms with E-state index in [4.69, 9.17) is 9.72 Å². The van der Waals surface area contributed by atoms with Crippen LogP contribution in [0.5, 0.6) is 5.75 Å². The Hall–Kier alpha value is -3.61. The Kier molecular flexibility index (Phi) is 4.70. The number of nitrogens with one attached hydrogen (secondary N) is 2. The van der Waals surface area contributed by atoms with Crippen LogP contribution >= 0.6 is 0 Å². The number of ether oxygens (including phenoxy) is 1. The zero-order chi connectivity index (χ0) is 19.5. The van der Waals surface area contributed by atoms with Gasteiger partial charge >= 0.3 is 0 Å². The van der Waals surface area contributed by atoms with Crippen LogP contribution in [0.25, 0.3) is 11.2 Å². The predicted molar refractivity (Wildman–Crippen MR) is 113 cm³/mol. The highest BCUT2D eigenvalue weighted by molar-refractivity contribution is 5.84. The molecule has 0 aliphatic carbocycles. The average Bonchev–Trinajstić information content (AvgIpc) is 3.22. The van der Waals surface area contributed by atoms with Crippen LogP contribution in [0.4, 0.5) is 11.8 Å². The predicted octanol–water partition coefficient (Wildman–Crippen LogP) is 3.41. The Labute approximate surface area is 168 Å². The first-order valence-electron chi connectivity index (χ1n) is 9.81. The van der Waals surface area contributed by atoms with Gasteiger partial charge in [0.2, 0.25) is 5.95 Å². The minimum absolute atomic E-state index is 0.541. The SMILES string of the molecule is c1ccc(OCCNc2ncnc3nc(N4CCc5ccccc5C4)[nH]c23)cc1. The number of nitrogens with zero attached hydrogens (tertiary/aromatic N) is 4. The van der Waals surface area contributed by atoms with E-state index in [1.54, 1.807) is 6.33 Å². The molecule has 4 aromatic rings. The molecular weight excluding hydrogens is 364 g/mol. The molecule has 0 radical (unpaired) electrons. The summed E-state index contributed by atoms with van der Waals surface area (Å²) in [6.07, 6.45) is 2.56. The van der Waals surface area contributed by atoms with Gasteiger partial charge in [0.05, 0.1) is 6.54 Å². The van der Waals surface area contributed by atoms with Crippen molar-refractivity contribution in [3.05, 3.63) is 72.1 Å². The molecule has 1 aliphatic rings. The monoisotopic (exact) mass is 386 g/mol. The molecule has 146 valence electrons. The van der Waals surface area contributed by atoms with Gasteiger partial charge < -0.3 is 19.9 Å². The smallest absolute Gasteiger partial charge is 0.205 e. The number of H-pyrrole nitrogens is 1. The summed E-state index contributed by atoms with van der Waals surface area (Å²) < 4.78 is 5.73. The lowest BCUT2D eigenvalue weighted by Crippen LogP contribution is -2.31. The summed E-state index contributed by atoms with van der Waals surface area (Å²) in [4.78, 5) is 19.1. The molecule has 1 aliphatic heterocycles. The highest BCUT2D eigenvalue weighted by Gasteiger charge is 2.20. The van der Waals surface area contributed by atoms with Gasteiger partial charge in [-0.3, -0.25) is 0 Å². The molecule has 0 atom stereocenters. The maximum atomic E-state index is 5.73. The molecule has 2 N–H and O–H groups in total. The van der Waals surface area contributed by atoms with Gasteiger partial charge in [-0.15, -0.1) is 0 Å². The van der Waals surface area contributed by atoms with E-state index in [0.717, 1.165) is 42.5 Å². The topological polar surface area (TPSA) is 79.0 Å². The van der Waals surface area contributed by atoms with E-state index in [1.807, 2.05) is 30.3 Å². The third-order valence-corrected chi connectivity index (χ3v) is 5.11. The molecule has 0 bridgehead atoms. The second-order valence-electron chi connectivity index (χ2n) is 7.01. The minimum Gasteiger partial charge on any atom is -0.492 e. The summed E-state index contributed by atoms with van der Waals surface area (Å²) in [6, 6.07) is 18.4. The fourth-order valence-corrected chi connectivity index (χ4v) is 3.63. The van der Waals surface area contributed by atoms with Crippen molar-refractivity contribution in [3.8, 4) is 5.75 Å². The van der Waals surface area contributed by atoms with E-state index in [1.165, 1.54) is 11.1 Å². The highest BCUT2D eigenvalue weighted by Crippen LogP contribution is 2.25. The molecule has 2 aromatic carbocycles. The molecule has 7 nitrogen and oxygen atoms in total. The van der Waals surface area contributed by atoms with Crippen LogP contribution in [0, 0.1) is 0 Å². The molecule has 2 aromatic heterocycles. The zero-order valence-electron chi connectivity index (χ0n) is 16.0. The van der Waals surface area contributed by atoms with Crippen molar-refractivity contribution in [2.75, 3.05) is 29.9 Å². The summed E-state index contributed by atoms with van der Waals surface area (Å²) in [5.41, 5.74) is 4.25. The normalized spacial score (nSPS) is 13.3. The van der Waals surface area contributed by atoms with E-state index in [-0.39, 0.29) is 0 Å². The number of para-hydroxylation sites is 1. The number of anilines is 2. The standard InChI is InChI=1S/C22H22N6O/c1-2-8-18(9-3-1)29-13-11-23-20-19-21(25-15-24-20)27-22(26-19)28-12-10-16-6-4-5-7-17(16)14-28/h1-9,15H,10-14H2,(H2,23,24,25,26,27). The van der Waals surface area contributed by atoms with Crippen molar-refractivity contribution in [3.63, 3.8) is 0 Å². The minimum atomic E-state index is 0.541. The van der Waals surface area contributed by atoms with Crippen LogP contribution in [0.1, 0.15) is 11.1 Å². The van der Waals surface area contributed by atoms with Crippen LogP contribution in [0.3, 0.4) is 0 Å². The van der Waals surface area contributed by atoms with Crippen molar-refractivity contribution in [1.29, 1.82) is 0 Å². The summed E-state index contributed by atoms with van der Waals surface area (Å²) >= 11 is 0. The summed E-state index contributed by atoms with van der Waals surface area (Å²) in [6.45, 7) is 2.95. The molecule has 0 spiro atoms. The van der Waals surface area contributed by atoms with Crippen molar-refractivity contribution < 1.29 is 4.74 Å². The lowest BCUT2D eigenvalue weighted by Gasteiger charge is -2.28. The molecule has 0 saturated heterocycles. The second kappa shape index (κ2) is 7.79.